The Morgan fingerprint density at radius 3 is 2.15 bits per heavy atom. The fraction of sp³-hybridized carbons (Fsp3) is 0.579. The predicted molar refractivity (Wildman–Crippen MR) is 120 cm³/mol. The number of rotatable bonds is 9. The van der Waals surface area contributed by atoms with Crippen LogP contribution in [0.3, 0.4) is 0 Å². The Balaban J connectivity index is 2.52. The van der Waals surface area contributed by atoms with Crippen molar-refractivity contribution in [3.05, 3.63) is 42.5 Å². The number of methoxy groups -OCH3 is 1. The van der Waals surface area contributed by atoms with Gasteiger partial charge >= 0.3 is 7.60 Å². The minimum absolute atomic E-state index is 0.102. The third kappa shape index (κ3) is 5.59. The van der Waals surface area contributed by atoms with E-state index in [2.05, 4.69) is 18.2 Å². The summed E-state index contributed by atoms with van der Waals surface area (Å²) in [5, 5.41) is -0.102. The van der Waals surface area contributed by atoms with Crippen LogP contribution in [0.5, 0.6) is 0 Å². The highest BCUT2D eigenvalue weighted by Crippen LogP contribution is 2.75. The fourth-order valence-electron chi connectivity index (χ4n) is 2.70. The van der Waals surface area contributed by atoms with Gasteiger partial charge in [0.2, 0.25) is 0 Å². The van der Waals surface area contributed by atoms with Gasteiger partial charge in [-0.05, 0) is 52.2 Å². The molecule has 3 atom stereocenters. The quantitative estimate of drug-likeness (QED) is 0.316. The molecule has 8 heteroatoms. The number of hydrogen-bond donors (Lipinski definition) is 0. The summed E-state index contributed by atoms with van der Waals surface area (Å²) in [5.41, 5.74) is -0.204. The van der Waals surface area contributed by atoms with Crippen LogP contribution in [0.2, 0.25) is 0 Å². The Kier molecular flexibility index (Phi) is 8.87. The maximum Gasteiger partial charge on any atom is 0.358 e. The van der Waals surface area contributed by atoms with E-state index in [0.29, 0.717) is 0 Å². The highest BCUT2D eigenvalue weighted by atomic mass is 32.2. The first kappa shape index (κ1) is 23.4. The first-order valence-corrected chi connectivity index (χ1v) is 13.4. The highest BCUT2D eigenvalue weighted by Gasteiger charge is 2.59. The maximum atomic E-state index is 14.2. The van der Waals surface area contributed by atoms with E-state index in [-0.39, 0.29) is 22.9 Å². The van der Waals surface area contributed by atoms with Gasteiger partial charge in [0, 0.05) is 12.0 Å². The Morgan fingerprint density at radius 2 is 1.67 bits per heavy atom. The van der Waals surface area contributed by atoms with E-state index in [4.69, 9.17) is 13.8 Å². The van der Waals surface area contributed by atoms with Gasteiger partial charge in [0.15, 0.2) is 3.82 Å². The second-order valence-electron chi connectivity index (χ2n) is 6.60. The summed E-state index contributed by atoms with van der Waals surface area (Å²) in [4.78, 5) is 1.11. The maximum absolute atomic E-state index is 14.2. The lowest BCUT2D eigenvalue weighted by atomic mass is 10.4. The molecular formula is C19H29O4PS3. The molecule has 1 heterocycles. The lowest BCUT2D eigenvalue weighted by molar-refractivity contribution is 0.139. The van der Waals surface area contributed by atoms with Crippen molar-refractivity contribution < 1.29 is 18.3 Å². The van der Waals surface area contributed by atoms with Gasteiger partial charge in [0.05, 0.1) is 17.5 Å². The van der Waals surface area contributed by atoms with Crippen LogP contribution in [-0.4, -0.2) is 40.1 Å². The van der Waals surface area contributed by atoms with Gasteiger partial charge in [0.25, 0.3) is 0 Å². The van der Waals surface area contributed by atoms with Crippen LogP contribution < -0.4 is 0 Å². The molecule has 0 spiro atoms. The van der Waals surface area contributed by atoms with Gasteiger partial charge in [0.1, 0.15) is 5.44 Å². The number of benzene rings is 1. The van der Waals surface area contributed by atoms with Crippen LogP contribution in [0.1, 0.15) is 27.7 Å². The zero-order valence-corrected chi connectivity index (χ0v) is 20.0. The van der Waals surface area contributed by atoms with Crippen molar-refractivity contribution in [2.24, 2.45) is 0 Å². The summed E-state index contributed by atoms with van der Waals surface area (Å²) in [6.07, 6.45) is 5.65. The molecule has 1 aliphatic rings. The van der Waals surface area contributed by atoms with Crippen molar-refractivity contribution in [2.75, 3.05) is 13.4 Å². The first-order chi connectivity index (χ1) is 12.8. The molecule has 0 amide bonds. The van der Waals surface area contributed by atoms with Crippen molar-refractivity contribution in [2.45, 2.75) is 59.3 Å². The Bertz CT molecular complexity index is 654. The smallest absolute Gasteiger partial charge is 0.358 e. The molecule has 0 N–H and O–H groups in total. The molecule has 0 radical (unpaired) electrons. The third-order valence-electron chi connectivity index (χ3n) is 3.70. The molecule has 0 unspecified atom stereocenters. The van der Waals surface area contributed by atoms with Gasteiger partial charge in [-0.3, -0.25) is 4.57 Å². The van der Waals surface area contributed by atoms with E-state index < -0.39 is 11.4 Å². The lowest BCUT2D eigenvalue weighted by Gasteiger charge is -2.45. The predicted octanol–water partition coefficient (Wildman–Crippen LogP) is 6.48. The Morgan fingerprint density at radius 1 is 1.07 bits per heavy atom. The van der Waals surface area contributed by atoms with E-state index in [1.54, 1.807) is 18.9 Å². The molecule has 27 heavy (non-hydrogen) atoms. The second-order valence-corrected chi connectivity index (χ2v) is 13.2. The Labute approximate surface area is 176 Å². The average Bonchev–Trinajstić information content (AvgIpc) is 2.61. The summed E-state index contributed by atoms with van der Waals surface area (Å²) in [6.45, 7) is 7.56. The van der Waals surface area contributed by atoms with E-state index in [1.165, 1.54) is 23.5 Å². The molecule has 1 aromatic rings. The van der Waals surface area contributed by atoms with Gasteiger partial charge < -0.3 is 13.8 Å². The molecule has 0 fully saturated rings. The average molecular weight is 449 g/mol. The number of thioether (sulfide) groups is 3. The zero-order chi connectivity index (χ0) is 20.1. The molecular weight excluding hydrogens is 419 g/mol. The van der Waals surface area contributed by atoms with Gasteiger partial charge in [-0.25, -0.2) is 0 Å². The Hall–Kier alpha value is 0.120. The van der Waals surface area contributed by atoms with Gasteiger partial charge in [-0.1, -0.05) is 36.0 Å². The highest BCUT2D eigenvalue weighted by molar-refractivity contribution is 8.26. The van der Waals surface area contributed by atoms with E-state index in [9.17, 15) is 4.57 Å². The summed E-state index contributed by atoms with van der Waals surface area (Å²) in [7, 11) is -1.85. The van der Waals surface area contributed by atoms with E-state index in [1.807, 2.05) is 58.2 Å². The largest absolute Gasteiger partial charge is 0.367 e. The van der Waals surface area contributed by atoms with Gasteiger partial charge in [-0.2, -0.15) is 0 Å². The minimum atomic E-state index is -3.51. The molecule has 1 aromatic carbocycles. The van der Waals surface area contributed by atoms with Crippen LogP contribution in [0.15, 0.2) is 47.4 Å². The number of hydrogen-bond acceptors (Lipinski definition) is 7. The molecule has 152 valence electrons. The number of ether oxygens (including phenoxy) is 1. The van der Waals surface area contributed by atoms with Crippen LogP contribution in [0.25, 0.3) is 0 Å². The van der Waals surface area contributed by atoms with Crippen LogP contribution in [-0.2, 0) is 18.3 Å². The molecule has 0 saturated heterocycles. The van der Waals surface area contributed by atoms with Crippen molar-refractivity contribution in [3.8, 4) is 0 Å². The summed E-state index contributed by atoms with van der Waals surface area (Å²) >= 11 is 4.72. The van der Waals surface area contributed by atoms with Crippen LogP contribution >= 0.6 is 42.9 Å². The van der Waals surface area contributed by atoms with E-state index in [0.717, 1.165) is 4.90 Å². The monoisotopic (exact) mass is 448 g/mol. The molecule has 2 rings (SSSR count). The zero-order valence-electron chi connectivity index (χ0n) is 16.7. The standard InChI is InChI=1S/C19H29O4PS3/c1-14(2)22-24(20,23-15(3)4)19(25-6)17(12-13-18(21-5)27-19)26-16-10-8-7-9-11-16/h7-15,17-18H,1-6H3/t17-,18-,19-/m1/s1. The second kappa shape index (κ2) is 10.2. The normalized spacial score (nSPS) is 26.1. The van der Waals surface area contributed by atoms with Crippen molar-refractivity contribution in [3.63, 3.8) is 0 Å². The van der Waals surface area contributed by atoms with E-state index >= 15 is 0 Å². The molecule has 1 aliphatic heterocycles. The van der Waals surface area contributed by atoms with Crippen LogP contribution in [0, 0.1) is 0 Å². The van der Waals surface area contributed by atoms with Crippen LogP contribution in [0.4, 0.5) is 0 Å². The summed E-state index contributed by atoms with van der Waals surface area (Å²) in [6, 6.07) is 10.1. The molecule has 0 saturated carbocycles. The SMILES string of the molecule is CO[C@H]1C=C[C@@H](Sc2ccccc2)[C@](SC)(P(=O)(OC(C)C)OC(C)C)S1. The molecule has 0 bridgehead atoms. The molecule has 0 aromatic heterocycles. The van der Waals surface area contributed by atoms with Gasteiger partial charge in [-0.15, -0.1) is 23.5 Å². The fourth-order valence-corrected chi connectivity index (χ4v) is 10.8. The first-order valence-electron chi connectivity index (χ1n) is 8.89. The van der Waals surface area contributed by atoms with Crippen molar-refractivity contribution in [1.29, 1.82) is 0 Å². The molecule has 0 aliphatic carbocycles. The molecule has 4 nitrogen and oxygen atoms in total. The minimum Gasteiger partial charge on any atom is -0.367 e. The summed E-state index contributed by atoms with van der Waals surface area (Å²) < 4.78 is 31.0. The van der Waals surface area contributed by atoms with Crippen molar-refractivity contribution >= 4 is 42.9 Å². The lowest BCUT2D eigenvalue weighted by Crippen LogP contribution is -2.39. The summed E-state index contributed by atoms with van der Waals surface area (Å²) in [5.74, 6) is 0. The van der Waals surface area contributed by atoms with Crippen molar-refractivity contribution in [1.82, 2.24) is 0 Å². The topological polar surface area (TPSA) is 44.8 Å². The third-order valence-corrected chi connectivity index (χ3v) is 12.9.